The lowest BCUT2D eigenvalue weighted by Crippen LogP contribution is -2.29. The third-order valence-electron chi connectivity index (χ3n) is 3.21. The average molecular weight is 278 g/mol. The summed E-state index contributed by atoms with van der Waals surface area (Å²) < 4.78 is 32.7. The summed E-state index contributed by atoms with van der Waals surface area (Å²) in [6, 6.07) is 8.54. The molecule has 2 aromatic rings. The SMILES string of the molecule is COc1ccc(C(NN)c2ccc(C)c(F)c2)c(F)c1. The number of rotatable bonds is 4. The third kappa shape index (κ3) is 2.79. The highest BCUT2D eigenvalue weighted by molar-refractivity contribution is 5.37. The Morgan fingerprint density at radius 3 is 2.40 bits per heavy atom. The van der Waals surface area contributed by atoms with Crippen molar-refractivity contribution in [2.75, 3.05) is 7.11 Å². The summed E-state index contributed by atoms with van der Waals surface area (Å²) in [5, 5.41) is 0. The van der Waals surface area contributed by atoms with Crippen molar-refractivity contribution in [2.45, 2.75) is 13.0 Å². The fraction of sp³-hybridized carbons (Fsp3) is 0.200. The van der Waals surface area contributed by atoms with E-state index in [2.05, 4.69) is 5.43 Å². The second kappa shape index (κ2) is 5.98. The summed E-state index contributed by atoms with van der Waals surface area (Å²) in [6.07, 6.45) is 0. The van der Waals surface area contributed by atoms with Crippen molar-refractivity contribution >= 4 is 0 Å². The second-order valence-corrected chi connectivity index (χ2v) is 4.50. The van der Waals surface area contributed by atoms with Gasteiger partial charge in [0.2, 0.25) is 0 Å². The number of hydrogen-bond donors (Lipinski definition) is 2. The molecule has 106 valence electrons. The smallest absolute Gasteiger partial charge is 0.132 e. The van der Waals surface area contributed by atoms with E-state index >= 15 is 0 Å². The fourth-order valence-electron chi connectivity index (χ4n) is 2.02. The Labute approximate surface area is 116 Å². The zero-order valence-corrected chi connectivity index (χ0v) is 11.3. The Morgan fingerprint density at radius 1 is 1.10 bits per heavy atom. The lowest BCUT2D eigenvalue weighted by molar-refractivity contribution is 0.410. The molecule has 5 heteroatoms. The number of hydrogen-bond acceptors (Lipinski definition) is 3. The van der Waals surface area contributed by atoms with E-state index in [0.29, 0.717) is 22.4 Å². The van der Waals surface area contributed by atoms with E-state index < -0.39 is 11.9 Å². The molecule has 0 saturated carbocycles. The molecule has 0 aliphatic heterocycles. The molecule has 20 heavy (non-hydrogen) atoms. The van der Waals surface area contributed by atoms with Crippen molar-refractivity contribution < 1.29 is 13.5 Å². The van der Waals surface area contributed by atoms with Crippen molar-refractivity contribution in [1.82, 2.24) is 5.43 Å². The lowest BCUT2D eigenvalue weighted by Gasteiger charge is -2.18. The molecule has 2 rings (SSSR count). The first-order valence-electron chi connectivity index (χ1n) is 6.12. The first kappa shape index (κ1) is 14.4. The molecule has 0 bridgehead atoms. The van der Waals surface area contributed by atoms with Crippen molar-refractivity contribution in [1.29, 1.82) is 0 Å². The van der Waals surface area contributed by atoms with Gasteiger partial charge in [0.05, 0.1) is 13.2 Å². The van der Waals surface area contributed by atoms with Crippen LogP contribution in [0, 0.1) is 18.6 Å². The molecule has 2 aromatic carbocycles. The van der Waals surface area contributed by atoms with Gasteiger partial charge < -0.3 is 4.74 Å². The van der Waals surface area contributed by atoms with Crippen LogP contribution in [0.2, 0.25) is 0 Å². The van der Waals surface area contributed by atoms with Crippen molar-refractivity contribution in [2.24, 2.45) is 5.84 Å². The molecule has 0 spiro atoms. The van der Waals surface area contributed by atoms with Gasteiger partial charge in [-0.25, -0.2) is 14.2 Å². The number of hydrazine groups is 1. The highest BCUT2D eigenvalue weighted by Crippen LogP contribution is 2.27. The van der Waals surface area contributed by atoms with E-state index in [4.69, 9.17) is 10.6 Å². The van der Waals surface area contributed by atoms with Gasteiger partial charge in [0.15, 0.2) is 0 Å². The van der Waals surface area contributed by atoms with Crippen LogP contribution in [0.4, 0.5) is 8.78 Å². The van der Waals surface area contributed by atoms with Crippen LogP contribution in [-0.4, -0.2) is 7.11 Å². The molecular weight excluding hydrogens is 262 g/mol. The molecule has 0 amide bonds. The van der Waals surface area contributed by atoms with E-state index in [1.165, 1.54) is 19.2 Å². The highest BCUT2D eigenvalue weighted by Gasteiger charge is 2.18. The van der Waals surface area contributed by atoms with Crippen molar-refractivity contribution in [3.63, 3.8) is 0 Å². The number of benzene rings is 2. The highest BCUT2D eigenvalue weighted by atomic mass is 19.1. The maximum absolute atomic E-state index is 14.1. The van der Waals surface area contributed by atoms with Crippen LogP contribution in [0.15, 0.2) is 36.4 Å². The van der Waals surface area contributed by atoms with Gasteiger partial charge in [0.25, 0.3) is 0 Å². The predicted molar refractivity (Wildman–Crippen MR) is 73.3 cm³/mol. The molecular formula is C15H16F2N2O. The van der Waals surface area contributed by atoms with Crippen LogP contribution in [0.3, 0.4) is 0 Å². The number of nitrogens with one attached hydrogen (secondary N) is 1. The predicted octanol–water partition coefficient (Wildman–Crippen LogP) is 2.83. The van der Waals surface area contributed by atoms with E-state index in [0.717, 1.165) is 0 Å². The zero-order chi connectivity index (χ0) is 14.7. The number of nitrogens with two attached hydrogens (primary N) is 1. The van der Waals surface area contributed by atoms with E-state index in [9.17, 15) is 8.78 Å². The summed E-state index contributed by atoms with van der Waals surface area (Å²) in [6.45, 7) is 1.66. The monoisotopic (exact) mass is 278 g/mol. The van der Waals surface area contributed by atoms with E-state index in [1.54, 1.807) is 31.2 Å². The molecule has 1 atom stereocenters. The summed E-state index contributed by atoms with van der Waals surface area (Å²) in [7, 11) is 1.46. The number of halogens is 2. The van der Waals surface area contributed by atoms with Crippen molar-refractivity contribution in [3.8, 4) is 5.75 Å². The first-order valence-corrected chi connectivity index (χ1v) is 6.12. The van der Waals surface area contributed by atoms with Gasteiger partial charge >= 0.3 is 0 Å². The summed E-state index contributed by atoms with van der Waals surface area (Å²) in [5.41, 5.74) is 3.93. The van der Waals surface area contributed by atoms with E-state index in [1.807, 2.05) is 0 Å². The molecule has 0 aliphatic carbocycles. The Kier molecular flexibility index (Phi) is 4.32. The molecule has 3 N–H and O–H groups in total. The molecule has 0 radical (unpaired) electrons. The molecule has 0 fully saturated rings. The Balaban J connectivity index is 2.43. The molecule has 1 unspecified atom stereocenters. The number of ether oxygens (including phenoxy) is 1. The van der Waals surface area contributed by atoms with Crippen LogP contribution < -0.4 is 16.0 Å². The maximum atomic E-state index is 14.1. The van der Waals surface area contributed by atoms with Crippen LogP contribution in [0.1, 0.15) is 22.7 Å². The van der Waals surface area contributed by atoms with Crippen LogP contribution in [0.25, 0.3) is 0 Å². The Morgan fingerprint density at radius 2 is 1.85 bits per heavy atom. The van der Waals surface area contributed by atoms with Crippen LogP contribution in [0.5, 0.6) is 5.75 Å². The van der Waals surface area contributed by atoms with Crippen molar-refractivity contribution in [3.05, 3.63) is 64.7 Å². The molecule has 3 nitrogen and oxygen atoms in total. The Hall–Kier alpha value is -1.98. The lowest BCUT2D eigenvalue weighted by atomic mass is 9.97. The summed E-state index contributed by atoms with van der Waals surface area (Å²) >= 11 is 0. The minimum Gasteiger partial charge on any atom is -0.497 e. The standard InChI is InChI=1S/C15H16F2N2O/c1-9-3-4-10(7-13(9)16)15(19-18)12-6-5-11(20-2)8-14(12)17/h3-8,15,19H,18H2,1-2H3. The normalized spacial score (nSPS) is 12.2. The van der Waals surface area contributed by atoms with E-state index in [-0.39, 0.29) is 5.82 Å². The minimum atomic E-state index is -0.629. The van der Waals surface area contributed by atoms with Gasteiger partial charge in [0.1, 0.15) is 17.4 Å². The molecule has 0 aromatic heterocycles. The zero-order valence-electron chi connectivity index (χ0n) is 11.3. The first-order chi connectivity index (χ1) is 9.56. The van der Waals surface area contributed by atoms with Crippen LogP contribution in [-0.2, 0) is 0 Å². The summed E-state index contributed by atoms with van der Waals surface area (Å²) in [4.78, 5) is 0. The Bertz CT molecular complexity index is 617. The van der Waals surface area contributed by atoms with Gasteiger partial charge in [-0.05, 0) is 30.2 Å². The van der Waals surface area contributed by atoms with Gasteiger partial charge in [0, 0.05) is 11.6 Å². The molecule has 0 aliphatic rings. The largest absolute Gasteiger partial charge is 0.497 e. The fourth-order valence-corrected chi connectivity index (χ4v) is 2.02. The quantitative estimate of drug-likeness (QED) is 0.668. The van der Waals surface area contributed by atoms with Gasteiger partial charge in [-0.3, -0.25) is 5.84 Å². The maximum Gasteiger partial charge on any atom is 0.132 e. The average Bonchev–Trinajstić information content (AvgIpc) is 2.45. The van der Waals surface area contributed by atoms with Crippen LogP contribution >= 0.6 is 0 Å². The molecule has 0 heterocycles. The minimum absolute atomic E-state index is 0.330. The topological polar surface area (TPSA) is 47.3 Å². The van der Waals surface area contributed by atoms with Gasteiger partial charge in [-0.2, -0.15) is 0 Å². The third-order valence-corrected chi connectivity index (χ3v) is 3.21. The number of methoxy groups -OCH3 is 1. The van der Waals surface area contributed by atoms with Gasteiger partial charge in [-0.15, -0.1) is 0 Å². The van der Waals surface area contributed by atoms with Gasteiger partial charge in [-0.1, -0.05) is 18.2 Å². The summed E-state index contributed by atoms with van der Waals surface area (Å²) in [5.74, 6) is 5.09. The molecule has 0 saturated heterocycles. The second-order valence-electron chi connectivity index (χ2n) is 4.50. The number of aryl methyl sites for hydroxylation is 1.